The number of fused-ring (bicyclic) bond motifs is 1. The number of esters is 2. The zero-order chi connectivity index (χ0) is 20.3. The standard InChI is InChI=1S/C22H26INO4/c1-14(23)20(25)27-19-9-8-18(16-6-4-5-7-17(16)19)21(26)28-22(2,3)15-10-12-24-13-11-15/h4-9,14-15,24H,10-13H2,1-3H3. The molecule has 6 heteroatoms. The van der Waals surface area contributed by atoms with Crippen LogP contribution in [0.1, 0.15) is 44.0 Å². The number of benzene rings is 2. The second-order valence-electron chi connectivity index (χ2n) is 7.71. The third-order valence-corrected chi connectivity index (χ3v) is 5.83. The van der Waals surface area contributed by atoms with Crippen LogP contribution in [0.2, 0.25) is 0 Å². The van der Waals surface area contributed by atoms with Gasteiger partial charge in [-0.05, 0) is 64.2 Å². The van der Waals surface area contributed by atoms with Crippen LogP contribution in [-0.4, -0.2) is 34.6 Å². The molecule has 1 aliphatic rings. The lowest BCUT2D eigenvalue weighted by Gasteiger charge is -2.36. The van der Waals surface area contributed by atoms with Crippen LogP contribution >= 0.6 is 22.6 Å². The molecule has 1 fully saturated rings. The van der Waals surface area contributed by atoms with Crippen molar-refractivity contribution in [1.82, 2.24) is 5.32 Å². The number of carbonyl (C=O) groups is 2. The van der Waals surface area contributed by atoms with E-state index in [0.29, 0.717) is 17.2 Å². The van der Waals surface area contributed by atoms with Crippen molar-refractivity contribution in [3.8, 4) is 5.75 Å². The van der Waals surface area contributed by atoms with Crippen molar-refractivity contribution in [3.63, 3.8) is 0 Å². The van der Waals surface area contributed by atoms with Crippen molar-refractivity contribution in [2.45, 2.75) is 43.1 Å². The van der Waals surface area contributed by atoms with Gasteiger partial charge in [0.2, 0.25) is 0 Å². The maximum atomic E-state index is 13.0. The summed E-state index contributed by atoms with van der Waals surface area (Å²) in [4.78, 5) is 25.0. The quantitative estimate of drug-likeness (QED) is 0.287. The molecule has 2 aromatic carbocycles. The van der Waals surface area contributed by atoms with E-state index < -0.39 is 5.60 Å². The average Bonchev–Trinajstić information content (AvgIpc) is 2.68. The molecule has 1 aliphatic heterocycles. The number of alkyl halides is 1. The van der Waals surface area contributed by atoms with Crippen molar-refractivity contribution in [2.75, 3.05) is 13.1 Å². The van der Waals surface area contributed by atoms with Gasteiger partial charge in [0, 0.05) is 11.3 Å². The molecule has 3 rings (SSSR count). The summed E-state index contributed by atoms with van der Waals surface area (Å²) >= 11 is 2.02. The SMILES string of the molecule is CC(I)C(=O)Oc1ccc(C(=O)OC(C)(C)C2CCNCC2)c2ccccc12. The van der Waals surface area contributed by atoms with E-state index in [-0.39, 0.29) is 15.9 Å². The number of rotatable bonds is 5. The molecule has 0 saturated carbocycles. The largest absolute Gasteiger partial charge is 0.456 e. The van der Waals surface area contributed by atoms with Gasteiger partial charge in [0.15, 0.2) is 0 Å². The zero-order valence-electron chi connectivity index (χ0n) is 16.5. The van der Waals surface area contributed by atoms with Crippen LogP contribution in [0.4, 0.5) is 0 Å². The molecule has 2 aromatic rings. The average molecular weight is 495 g/mol. The summed E-state index contributed by atoms with van der Waals surface area (Å²) < 4.78 is 11.2. The molecule has 28 heavy (non-hydrogen) atoms. The van der Waals surface area contributed by atoms with Gasteiger partial charge in [0.25, 0.3) is 0 Å². The summed E-state index contributed by atoms with van der Waals surface area (Å²) in [5.74, 6) is 0.126. The fourth-order valence-corrected chi connectivity index (χ4v) is 3.75. The van der Waals surface area contributed by atoms with Gasteiger partial charge in [-0.15, -0.1) is 0 Å². The Balaban J connectivity index is 1.88. The van der Waals surface area contributed by atoms with Crippen molar-refractivity contribution >= 4 is 45.3 Å². The van der Waals surface area contributed by atoms with Gasteiger partial charge in [-0.2, -0.15) is 0 Å². The Bertz CT molecular complexity index is 872. The molecular formula is C22H26INO4. The van der Waals surface area contributed by atoms with E-state index in [1.165, 1.54) is 0 Å². The first-order valence-corrected chi connectivity index (χ1v) is 10.9. The maximum absolute atomic E-state index is 13.0. The highest BCUT2D eigenvalue weighted by molar-refractivity contribution is 14.1. The van der Waals surface area contributed by atoms with Crippen LogP contribution in [0.15, 0.2) is 36.4 Å². The lowest BCUT2D eigenvalue weighted by atomic mass is 9.83. The van der Waals surface area contributed by atoms with Crippen molar-refractivity contribution in [1.29, 1.82) is 0 Å². The summed E-state index contributed by atoms with van der Waals surface area (Å²) in [5, 5.41) is 4.79. The molecule has 1 atom stereocenters. The van der Waals surface area contributed by atoms with Crippen LogP contribution < -0.4 is 10.1 Å². The van der Waals surface area contributed by atoms with Crippen LogP contribution in [0.25, 0.3) is 10.8 Å². The number of hydrogen-bond donors (Lipinski definition) is 1. The summed E-state index contributed by atoms with van der Waals surface area (Å²) in [6.07, 6.45) is 1.98. The molecule has 1 heterocycles. The topological polar surface area (TPSA) is 64.6 Å². The van der Waals surface area contributed by atoms with E-state index in [4.69, 9.17) is 9.47 Å². The van der Waals surface area contributed by atoms with Gasteiger partial charge < -0.3 is 14.8 Å². The van der Waals surface area contributed by atoms with Crippen molar-refractivity contribution in [3.05, 3.63) is 42.0 Å². The Morgan fingerprint density at radius 1 is 1.11 bits per heavy atom. The number of hydrogen-bond acceptors (Lipinski definition) is 5. The first kappa shape index (κ1) is 21.0. The fourth-order valence-electron chi connectivity index (χ4n) is 3.62. The molecular weight excluding hydrogens is 469 g/mol. The predicted octanol–water partition coefficient (Wildman–Crippen LogP) is 4.50. The molecule has 0 aliphatic carbocycles. The summed E-state index contributed by atoms with van der Waals surface area (Å²) in [7, 11) is 0. The third kappa shape index (κ3) is 4.66. The smallest absolute Gasteiger partial charge is 0.339 e. The summed E-state index contributed by atoms with van der Waals surface area (Å²) in [6.45, 7) is 7.65. The van der Waals surface area contributed by atoms with E-state index in [1.807, 2.05) is 60.7 Å². The lowest BCUT2D eigenvalue weighted by Crippen LogP contribution is -2.42. The third-order valence-electron chi connectivity index (χ3n) is 5.32. The minimum atomic E-state index is -0.540. The highest BCUT2D eigenvalue weighted by atomic mass is 127. The zero-order valence-corrected chi connectivity index (χ0v) is 18.6. The molecule has 1 saturated heterocycles. The second kappa shape index (κ2) is 8.78. The maximum Gasteiger partial charge on any atom is 0.339 e. The minimum absolute atomic E-state index is 0.258. The first-order chi connectivity index (χ1) is 13.3. The number of ether oxygens (including phenoxy) is 2. The number of nitrogens with one attached hydrogen (secondary N) is 1. The van der Waals surface area contributed by atoms with Gasteiger partial charge >= 0.3 is 11.9 Å². The molecule has 0 radical (unpaired) electrons. The minimum Gasteiger partial charge on any atom is -0.456 e. The highest BCUT2D eigenvalue weighted by Gasteiger charge is 2.34. The highest BCUT2D eigenvalue weighted by Crippen LogP contribution is 2.33. The summed E-state index contributed by atoms with van der Waals surface area (Å²) in [5.41, 5.74) is -0.0536. The van der Waals surface area contributed by atoms with E-state index in [9.17, 15) is 9.59 Å². The van der Waals surface area contributed by atoms with Crippen LogP contribution in [0.3, 0.4) is 0 Å². The van der Waals surface area contributed by atoms with E-state index in [0.717, 1.165) is 36.7 Å². The van der Waals surface area contributed by atoms with E-state index in [1.54, 1.807) is 19.1 Å². The normalized spacial score (nSPS) is 16.6. The Labute approximate surface area is 179 Å². The molecule has 0 amide bonds. The number of carbonyl (C=O) groups excluding carboxylic acids is 2. The van der Waals surface area contributed by atoms with Crippen molar-refractivity contribution < 1.29 is 19.1 Å². The predicted molar refractivity (Wildman–Crippen MR) is 118 cm³/mol. The van der Waals surface area contributed by atoms with Crippen LogP contribution in [0.5, 0.6) is 5.75 Å². The van der Waals surface area contributed by atoms with Gasteiger partial charge in [-0.1, -0.05) is 46.9 Å². The molecule has 150 valence electrons. The Kier molecular flexibility index (Phi) is 6.60. The first-order valence-electron chi connectivity index (χ1n) is 9.61. The molecule has 0 bridgehead atoms. The Morgan fingerprint density at radius 2 is 1.75 bits per heavy atom. The van der Waals surface area contributed by atoms with E-state index in [2.05, 4.69) is 5.32 Å². The van der Waals surface area contributed by atoms with Crippen molar-refractivity contribution in [2.24, 2.45) is 5.92 Å². The van der Waals surface area contributed by atoms with Gasteiger partial charge in [0.1, 0.15) is 15.3 Å². The molecule has 0 aromatic heterocycles. The number of piperidine rings is 1. The van der Waals surface area contributed by atoms with Gasteiger partial charge in [-0.25, -0.2) is 4.79 Å². The monoisotopic (exact) mass is 495 g/mol. The number of halogens is 1. The lowest BCUT2D eigenvalue weighted by molar-refractivity contribution is -0.132. The summed E-state index contributed by atoms with van der Waals surface area (Å²) in [6, 6.07) is 10.8. The molecule has 1 unspecified atom stereocenters. The second-order valence-corrected chi connectivity index (χ2v) is 9.58. The molecule has 5 nitrogen and oxygen atoms in total. The van der Waals surface area contributed by atoms with Crippen LogP contribution in [0, 0.1) is 5.92 Å². The Hall–Kier alpha value is -1.67. The fraction of sp³-hybridized carbons (Fsp3) is 0.455. The van der Waals surface area contributed by atoms with Gasteiger partial charge in [-0.3, -0.25) is 4.79 Å². The van der Waals surface area contributed by atoms with Crippen LogP contribution in [-0.2, 0) is 9.53 Å². The Morgan fingerprint density at radius 3 is 2.39 bits per heavy atom. The van der Waals surface area contributed by atoms with Gasteiger partial charge in [0.05, 0.1) is 5.56 Å². The van der Waals surface area contributed by atoms with E-state index >= 15 is 0 Å². The molecule has 0 spiro atoms. The molecule has 1 N–H and O–H groups in total.